The zero-order valence-corrected chi connectivity index (χ0v) is 9.12. The van der Waals surface area contributed by atoms with Crippen LogP contribution in [0.2, 0.25) is 0 Å². The third-order valence-corrected chi connectivity index (χ3v) is 2.49. The highest BCUT2D eigenvalue weighted by atomic mass is 35.5. The Morgan fingerprint density at radius 3 is 2.69 bits per heavy atom. The fourth-order valence-corrected chi connectivity index (χ4v) is 1.51. The Labute approximate surface area is 95.6 Å². The van der Waals surface area contributed by atoms with Crippen LogP contribution in [0.3, 0.4) is 0 Å². The number of alkyl halides is 3. The molecule has 0 aliphatic carbocycles. The molecule has 1 N–H and O–H groups in total. The van der Waals surface area contributed by atoms with Crippen LogP contribution in [0.5, 0.6) is 0 Å². The normalized spacial score (nSPS) is 20.5. The van der Waals surface area contributed by atoms with E-state index < -0.39 is 18.8 Å². The number of carbonyl (C=O) groups excluding carboxylic acids is 1. The van der Waals surface area contributed by atoms with Crippen LogP contribution in [0.25, 0.3) is 0 Å². The molecule has 1 aliphatic rings. The summed E-state index contributed by atoms with van der Waals surface area (Å²) < 4.78 is 39.4. The second-order valence-electron chi connectivity index (χ2n) is 3.36. The lowest BCUT2D eigenvalue weighted by Crippen LogP contribution is -2.27. The van der Waals surface area contributed by atoms with E-state index in [0.29, 0.717) is 6.54 Å². The Kier molecular flexibility index (Phi) is 4.61. The summed E-state index contributed by atoms with van der Waals surface area (Å²) in [6.45, 7) is 0.870. The van der Waals surface area contributed by atoms with Gasteiger partial charge in [0, 0.05) is 6.54 Å². The van der Waals surface area contributed by atoms with E-state index in [2.05, 4.69) is 10.1 Å². The molecule has 0 radical (unpaired) electrons. The lowest BCUT2D eigenvalue weighted by atomic mass is 10.1. The highest BCUT2D eigenvalue weighted by Gasteiger charge is 2.41. The van der Waals surface area contributed by atoms with E-state index in [4.69, 9.17) is 11.6 Å². The first-order chi connectivity index (χ1) is 7.41. The standard InChI is InChI=1S/C9H11ClF3NO2/c10-7(6-2-1-3-14-4-6)5-16-8(15)9(11,12)13/h14H,1-5H2/b7-6-. The van der Waals surface area contributed by atoms with Gasteiger partial charge in [-0.25, -0.2) is 4.79 Å². The Balaban J connectivity index is 2.45. The van der Waals surface area contributed by atoms with Crippen molar-refractivity contribution < 1.29 is 22.7 Å². The highest BCUT2D eigenvalue weighted by molar-refractivity contribution is 6.30. The number of rotatable bonds is 2. The number of nitrogens with one attached hydrogen (secondary N) is 1. The van der Waals surface area contributed by atoms with Crippen molar-refractivity contribution in [1.82, 2.24) is 5.32 Å². The summed E-state index contributed by atoms with van der Waals surface area (Å²) in [7, 11) is 0. The number of esters is 1. The van der Waals surface area contributed by atoms with Gasteiger partial charge in [0.05, 0.1) is 5.03 Å². The van der Waals surface area contributed by atoms with Crippen LogP contribution in [0.1, 0.15) is 12.8 Å². The molecular formula is C9H11ClF3NO2. The summed E-state index contributed by atoms with van der Waals surface area (Å²) in [6.07, 6.45) is -3.37. The largest absolute Gasteiger partial charge is 0.490 e. The minimum Gasteiger partial charge on any atom is -0.453 e. The van der Waals surface area contributed by atoms with Gasteiger partial charge in [-0.1, -0.05) is 11.6 Å². The van der Waals surface area contributed by atoms with Crippen LogP contribution in [0, 0.1) is 0 Å². The van der Waals surface area contributed by atoms with Crippen molar-refractivity contribution in [3.63, 3.8) is 0 Å². The van der Waals surface area contributed by atoms with Gasteiger partial charge in [-0.2, -0.15) is 13.2 Å². The highest BCUT2D eigenvalue weighted by Crippen LogP contribution is 2.20. The van der Waals surface area contributed by atoms with Gasteiger partial charge >= 0.3 is 12.1 Å². The van der Waals surface area contributed by atoms with Crippen LogP contribution in [-0.2, 0) is 9.53 Å². The molecule has 1 heterocycles. The Morgan fingerprint density at radius 1 is 1.50 bits per heavy atom. The van der Waals surface area contributed by atoms with E-state index in [1.165, 1.54) is 0 Å². The molecule has 16 heavy (non-hydrogen) atoms. The van der Waals surface area contributed by atoms with Crippen molar-refractivity contribution in [3.8, 4) is 0 Å². The van der Waals surface area contributed by atoms with E-state index in [1.54, 1.807) is 0 Å². The molecule has 1 rings (SSSR count). The number of hydrogen-bond acceptors (Lipinski definition) is 3. The van der Waals surface area contributed by atoms with Crippen LogP contribution in [-0.4, -0.2) is 31.8 Å². The third-order valence-electron chi connectivity index (χ3n) is 2.12. The van der Waals surface area contributed by atoms with E-state index >= 15 is 0 Å². The number of ether oxygens (including phenoxy) is 1. The number of halogens is 4. The summed E-state index contributed by atoms with van der Waals surface area (Å²) in [5.74, 6) is -2.21. The predicted octanol–water partition coefficient (Wildman–Crippen LogP) is 1.97. The maximum absolute atomic E-state index is 11.8. The minimum atomic E-state index is -4.97. The summed E-state index contributed by atoms with van der Waals surface area (Å²) in [4.78, 5) is 10.4. The minimum absolute atomic E-state index is 0.171. The fraction of sp³-hybridized carbons (Fsp3) is 0.667. The van der Waals surface area contributed by atoms with Gasteiger partial charge < -0.3 is 10.1 Å². The van der Waals surface area contributed by atoms with E-state index in [9.17, 15) is 18.0 Å². The molecule has 1 saturated heterocycles. The molecular weight excluding hydrogens is 247 g/mol. The topological polar surface area (TPSA) is 38.3 Å². The molecule has 1 fully saturated rings. The van der Waals surface area contributed by atoms with Crippen LogP contribution >= 0.6 is 11.6 Å². The Bertz CT molecular complexity index is 294. The van der Waals surface area contributed by atoms with Crippen LogP contribution in [0.15, 0.2) is 10.6 Å². The molecule has 0 unspecified atom stereocenters. The maximum Gasteiger partial charge on any atom is 0.490 e. The molecule has 0 saturated carbocycles. The maximum atomic E-state index is 11.8. The van der Waals surface area contributed by atoms with Crippen molar-refractivity contribution in [2.75, 3.05) is 19.7 Å². The first kappa shape index (κ1) is 13.3. The van der Waals surface area contributed by atoms with Gasteiger partial charge in [0.25, 0.3) is 0 Å². The first-order valence-corrected chi connectivity index (χ1v) is 5.10. The summed E-state index contributed by atoms with van der Waals surface area (Å²) in [5.41, 5.74) is 0.794. The average molecular weight is 258 g/mol. The van der Waals surface area contributed by atoms with Crippen molar-refractivity contribution in [2.24, 2.45) is 0 Å². The van der Waals surface area contributed by atoms with Crippen molar-refractivity contribution >= 4 is 17.6 Å². The van der Waals surface area contributed by atoms with Gasteiger partial charge in [-0.15, -0.1) is 0 Å². The number of piperidine rings is 1. The quantitative estimate of drug-likeness (QED) is 0.769. The third kappa shape index (κ3) is 4.02. The molecule has 0 bridgehead atoms. The second-order valence-corrected chi connectivity index (χ2v) is 3.82. The lowest BCUT2D eigenvalue weighted by Gasteiger charge is -2.17. The van der Waals surface area contributed by atoms with Gasteiger partial charge in [0.15, 0.2) is 0 Å². The predicted molar refractivity (Wildman–Crippen MR) is 52.0 cm³/mol. The molecule has 0 amide bonds. The zero-order chi connectivity index (χ0) is 12.2. The smallest absolute Gasteiger partial charge is 0.453 e. The lowest BCUT2D eigenvalue weighted by molar-refractivity contribution is -0.198. The fourth-order valence-electron chi connectivity index (χ4n) is 1.30. The Morgan fingerprint density at radius 2 is 2.19 bits per heavy atom. The van der Waals surface area contributed by atoms with Crippen molar-refractivity contribution in [1.29, 1.82) is 0 Å². The average Bonchev–Trinajstić information content (AvgIpc) is 2.25. The van der Waals surface area contributed by atoms with E-state index in [0.717, 1.165) is 25.0 Å². The first-order valence-electron chi connectivity index (χ1n) is 4.72. The molecule has 0 atom stereocenters. The van der Waals surface area contributed by atoms with Crippen LogP contribution < -0.4 is 5.32 Å². The summed E-state index contributed by atoms with van der Waals surface area (Å²) in [6, 6.07) is 0. The van der Waals surface area contributed by atoms with Crippen LogP contribution in [0.4, 0.5) is 13.2 Å². The van der Waals surface area contributed by atoms with Crippen molar-refractivity contribution in [2.45, 2.75) is 19.0 Å². The second kappa shape index (κ2) is 5.54. The molecule has 0 spiro atoms. The van der Waals surface area contributed by atoms with E-state index in [-0.39, 0.29) is 5.03 Å². The molecule has 3 nitrogen and oxygen atoms in total. The molecule has 7 heteroatoms. The molecule has 0 aromatic heterocycles. The van der Waals surface area contributed by atoms with Gasteiger partial charge in [0.1, 0.15) is 6.61 Å². The SMILES string of the molecule is O=C(OC/C(Cl)=C1\CCCNC1)C(F)(F)F. The molecule has 1 aliphatic heterocycles. The van der Waals surface area contributed by atoms with Gasteiger partial charge in [-0.05, 0) is 25.0 Å². The molecule has 0 aromatic rings. The number of carbonyl (C=O) groups is 1. The zero-order valence-electron chi connectivity index (χ0n) is 8.36. The summed E-state index contributed by atoms with van der Waals surface area (Å²) >= 11 is 5.75. The van der Waals surface area contributed by atoms with Gasteiger partial charge in [0.2, 0.25) is 0 Å². The monoisotopic (exact) mass is 257 g/mol. The summed E-state index contributed by atoms with van der Waals surface area (Å²) in [5, 5.41) is 3.20. The molecule has 0 aromatic carbocycles. The number of hydrogen-bond donors (Lipinski definition) is 1. The van der Waals surface area contributed by atoms with Crippen molar-refractivity contribution in [3.05, 3.63) is 10.6 Å². The van der Waals surface area contributed by atoms with Gasteiger partial charge in [-0.3, -0.25) is 0 Å². The molecule has 92 valence electrons. The Hall–Kier alpha value is -0.750. The van der Waals surface area contributed by atoms with E-state index in [1.807, 2.05) is 0 Å².